The Morgan fingerprint density at radius 3 is 2.61 bits per heavy atom. The Morgan fingerprint density at radius 2 is 1.91 bits per heavy atom. The molecule has 1 aliphatic carbocycles. The molecular formula is C20H24N2O. The first kappa shape index (κ1) is 15.7. The number of hydrogen-bond donors (Lipinski definition) is 1. The molecular weight excluding hydrogens is 284 g/mol. The number of nitrogens with zero attached hydrogens (tertiary/aromatic N) is 1. The Hall–Kier alpha value is -2.16. The topological polar surface area (TPSA) is 42.0 Å². The standard InChI is InChI=1S/C20H24N2O/c1-14-6-4-5-7-16(14)17-12-18(17)19(23)22-13-20(2,3)15-8-10-21-11-9-15/h4-11,17-18H,12-13H2,1-3H3,(H,22,23)/t17-,18-/m1/s1. The van der Waals surface area contributed by atoms with Crippen LogP contribution in [0.1, 0.15) is 42.9 Å². The minimum Gasteiger partial charge on any atom is -0.355 e. The first-order valence-electron chi connectivity index (χ1n) is 8.23. The predicted molar refractivity (Wildman–Crippen MR) is 92.3 cm³/mol. The normalized spacial score (nSPS) is 20.1. The van der Waals surface area contributed by atoms with Gasteiger partial charge in [-0.15, -0.1) is 0 Å². The second-order valence-electron chi connectivity index (χ2n) is 7.14. The van der Waals surface area contributed by atoms with Gasteiger partial charge < -0.3 is 5.32 Å². The molecule has 1 aliphatic rings. The fraction of sp³-hybridized carbons (Fsp3) is 0.400. The number of benzene rings is 1. The number of carbonyl (C=O) groups excluding carboxylic acids is 1. The van der Waals surface area contributed by atoms with Gasteiger partial charge in [0.25, 0.3) is 0 Å². The van der Waals surface area contributed by atoms with E-state index in [2.05, 4.69) is 49.3 Å². The zero-order valence-corrected chi connectivity index (χ0v) is 14.0. The van der Waals surface area contributed by atoms with E-state index in [-0.39, 0.29) is 17.2 Å². The second-order valence-corrected chi connectivity index (χ2v) is 7.14. The predicted octanol–water partition coefficient (Wildman–Crippen LogP) is 3.59. The Morgan fingerprint density at radius 1 is 1.22 bits per heavy atom. The summed E-state index contributed by atoms with van der Waals surface area (Å²) in [6.45, 7) is 7.06. The van der Waals surface area contributed by atoms with Gasteiger partial charge in [0.15, 0.2) is 0 Å². The Bertz CT molecular complexity index is 694. The van der Waals surface area contributed by atoms with Crippen molar-refractivity contribution in [2.45, 2.75) is 38.5 Å². The van der Waals surface area contributed by atoms with Gasteiger partial charge in [0, 0.05) is 30.3 Å². The summed E-state index contributed by atoms with van der Waals surface area (Å²) in [4.78, 5) is 16.5. The highest BCUT2D eigenvalue weighted by atomic mass is 16.2. The maximum atomic E-state index is 12.5. The fourth-order valence-corrected chi connectivity index (χ4v) is 3.18. The molecule has 0 unspecified atom stereocenters. The molecule has 1 fully saturated rings. The average Bonchev–Trinajstić information content (AvgIpc) is 3.34. The summed E-state index contributed by atoms with van der Waals surface area (Å²) >= 11 is 0. The monoisotopic (exact) mass is 308 g/mol. The summed E-state index contributed by atoms with van der Waals surface area (Å²) < 4.78 is 0. The van der Waals surface area contributed by atoms with Gasteiger partial charge in [-0.25, -0.2) is 0 Å². The lowest BCUT2D eigenvalue weighted by atomic mass is 9.85. The number of nitrogens with one attached hydrogen (secondary N) is 1. The number of amides is 1. The number of rotatable bonds is 5. The minimum atomic E-state index is -0.0916. The van der Waals surface area contributed by atoms with Crippen molar-refractivity contribution >= 4 is 5.91 Å². The fourth-order valence-electron chi connectivity index (χ4n) is 3.18. The van der Waals surface area contributed by atoms with Gasteiger partial charge in [0.1, 0.15) is 0 Å². The number of pyridine rings is 1. The molecule has 3 rings (SSSR count). The summed E-state index contributed by atoms with van der Waals surface area (Å²) in [6.07, 6.45) is 4.56. The first-order valence-corrected chi connectivity index (χ1v) is 8.23. The van der Waals surface area contributed by atoms with E-state index in [9.17, 15) is 4.79 Å². The van der Waals surface area contributed by atoms with Crippen LogP contribution >= 0.6 is 0 Å². The molecule has 2 atom stereocenters. The molecule has 1 aromatic heterocycles. The van der Waals surface area contributed by atoms with Crippen molar-refractivity contribution in [1.82, 2.24) is 10.3 Å². The van der Waals surface area contributed by atoms with Crippen LogP contribution in [0.3, 0.4) is 0 Å². The molecule has 3 heteroatoms. The lowest BCUT2D eigenvalue weighted by molar-refractivity contribution is -0.122. The SMILES string of the molecule is Cc1ccccc1[C@H]1C[C@H]1C(=O)NCC(C)(C)c1ccncc1. The van der Waals surface area contributed by atoms with Crippen LogP contribution in [0, 0.1) is 12.8 Å². The summed E-state index contributed by atoms with van der Waals surface area (Å²) in [7, 11) is 0. The van der Waals surface area contributed by atoms with Crippen LogP contribution in [0.15, 0.2) is 48.8 Å². The van der Waals surface area contributed by atoms with Crippen LogP contribution in [0.2, 0.25) is 0 Å². The van der Waals surface area contributed by atoms with Gasteiger partial charge in [-0.05, 0) is 48.1 Å². The Kier molecular flexibility index (Phi) is 4.20. The quantitative estimate of drug-likeness (QED) is 0.917. The van der Waals surface area contributed by atoms with Crippen LogP contribution < -0.4 is 5.32 Å². The second kappa shape index (κ2) is 6.15. The van der Waals surface area contributed by atoms with E-state index in [1.165, 1.54) is 16.7 Å². The van der Waals surface area contributed by atoms with Crippen LogP contribution in [0.25, 0.3) is 0 Å². The van der Waals surface area contributed by atoms with E-state index in [1.54, 1.807) is 12.4 Å². The van der Waals surface area contributed by atoms with E-state index < -0.39 is 0 Å². The van der Waals surface area contributed by atoms with Crippen molar-refractivity contribution in [3.8, 4) is 0 Å². The Labute approximate surface area is 138 Å². The first-order chi connectivity index (χ1) is 11.0. The van der Waals surface area contributed by atoms with E-state index >= 15 is 0 Å². The highest BCUT2D eigenvalue weighted by molar-refractivity contribution is 5.83. The molecule has 0 saturated heterocycles. The van der Waals surface area contributed by atoms with Gasteiger partial charge in [0.05, 0.1) is 0 Å². The largest absolute Gasteiger partial charge is 0.355 e. The number of aromatic nitrogens is 1. The van der Waals surface area contributed by atoms with Crippen molar-refractivity contribution in [2.75, 3.05) is 6.54 Å². The van der Waals surface area contributed by atoms with Crippen LogP contribution in [0.4, 0.5) is 0 Å². The summed E-state index contributed by atoms with van der Waals surface area (Å²) in [6, 6.07) is 12.4. The summed E-state index contributed by atoms with van der Waals surface area (Å²) in [5.41, 5.74) is 3.70. The highest BCUT2D eigenvalue weighted by Gasteiger charge is 2.44. The molecule has 23 heavy (non-hydrogen) atoms. The molecule has 1 saturated carbocycles. The molecule has 120 valence electrons. The van der Waals surface area contributed by atoms with Gasteiger partial charge in [-0.3, -0.25) is 9.78 Å². The molecule has 1 heterocycles. The molecule has 2 aromatic rings. The van der Waals surface area contributed by atoms with Crippen molar-refractivity contribution in [2.24, 2.45) is 5.92 Å². The Balaban J connectivity index is 1.58. The van der Waals surface area contributed by atoms with Crippen molar-refractivity contribution in [1.29, 1.82) is 0 Å². The van der Waals surface area contributed by atoms with Gasteiger partial charge in [0.2, 0.25) is 5.91 Å². The molecule has 0 radical (unpaired) electrons. The van der Waals surface area contributed by atoms with Crippen molar-refractivity contribution in [3.05, 3.63) is 65.5 Å². The van der Waals surface area contributed by atoms with E-state index in [0.29, 0.717) is 12.5 Å². The summed E-state index contributed by atoms with van der Waals surface area (Å²) in [5.74, 6) is 0.699. The van der Waals surface area contributed by atoms with E-state index in [1.807, 2.05) is 18.2 Å². The van der Waals surface area contributed by atoms with Crippen molar-refractivity contribution in [3.63, 3.8) is 0 Å². The van der Waals surface area contributed by atoms with Gasteiger partial charge >= 0.3 is 0 Å². The zero-order chi connectivity index (χ0) is 16.4. The third kappa shape index (κ3) is 3.44. The van der Waals surface area contributed by atoms with Crippen LogP contribution in [-0.2, 0) is 10.2 Å². The minimum absolute atomic E-state index is 0.0916. The molecule has 3 nitrogen and oxygen atoms in total. The van der Waals surface area contributed by atoms with Crippen molar-refractivity contribution < 1.29 is 4.79 Å². The van der Waals surface area contributed by atoms with E-state index in [4.69, 9.17) is 0 Å². The van der Waals surface area contributed by atoms with Crippen LogP contribution in [0.5, 0.6) is 0 Å². The molecule has 0 bridgehead atoms. The third-order valence-electron chi connectivity index (χ3n) is 4.88. The summed E-state index contributed by atoms with van der Waals surface area (Å²) in [5, 5.41) is 3.14. The zero-order valence-electron chi connectivity index (χ0n) is 14.0. The highest BCUT2D eigenvalue weighted by Crippen LogP contribution is 2.48. The van der Waals surface area contributed by atoms with E-state index in [0.717, 1.165) is 6.42 Å². The third-order valence-corrected chi connectivity index (χ3v) is 4.88. The number of hydrogen-bond acceptors (Lipinski definition) is 2. The number of carbonyl (C=O) groups is 1. The van der Waals surface area contributed by atoms with Crippen LogP contribution in [-0.4, -0.2) is 17.4 Å². The smallest absolute Gasteiger partial charge is 0.223 e. The van der Waals surface area contributed by atoms with Gasteiger partial charge in [-0.1, -0.05) is 38.1 Å². The van der Waals surface area contributed by atoms with Gasteiger partial charge in [-0.2, -0.15) is 0 Å². The maximum absolute atomic E-state index is 12.5. The molecule has 1 aromatic carbocycles. The average molecular weight is 308 g/mol. The molecule has 0 aliphatic heterocycles. The molecule has 1 N–H and O–H groups in total. The molecule has 1 amide bonds. The number of aryl methyl sites for hydroxylation is 1. The maximum Gasteiger partial charge on any atom is 0.223 e. The molecule has 0 spiro atoms. The lowest BCUT2D eigenvalue weighted by Crippen LogP contribution is -2.37. The lowest BCUT2D eigenvalue weighted by Gasteiger charge is -2.25.